The molecule has 3 unspecified atom stereocenters. The lowest BCUT2D eigenvalue weighted by Gasteiger charge is -2.30. The molecule has 0 amide bonds. The van der Waals surface area contributed by atoms with E-state index < -0.39 is 22.0 Å². The van der Waals surface area contributed by atoms with Crippen molar-refractivity contribution in [1.82, 2.24) is 4.90 Å². The number of hydrogen-bond acceptors (Lipinski definition) is 4. The predicted molar refractivity (Wildman–Crippen MR) is 62.0 cm³/mol. The third kappa shape index (κ3) is 3.84. The summed E-state index contributed by atoms with van der Waals surface area (Å²) in [5.41, 5.74) is 0. The number of aliphatic carboxylic acids is 1. The summed E-state index contributed by atoms with van der Waals surface area (Å²) in [6.07, 6.45) is 0.290. The van der Waals surface area contributed by atoms with Crippen LogP contribution in [0.3, 0.4) is 0 Å². The lowest BCUT2D eigenvalue weighted by atomic mass is 10.3. The quantitative estimate of drug-likeness (QED) is 0.738. The second-order valence-electron chi connectivity index (χ2n) is 4.04. The molecule has 0 aliphatic carbocycles. The van der Waals surface area contributed by atoms with Gasteiger partial charge in [0.2, 0.25) is 0 Å². The topological polar surface area (TPSA) is 66.8 Å². The Kier molecular flexibility index (Phi) is 5.37. The molecule has 0 saturated carbocycles. The summed E-state index contributed by atoms with van der Waals surface area (Å²) >= 11 is 0. The molecule has 1 fully saturated rings. The average molecular weight is 249 g/mol. The van der Waals surface area contributed by atoms with Crippen molar-refractivity contribution in [1.29, 1.82) is 0 Å². The van der Waals surface area contributed by atoms with Gasteiger partial charge in [0, 0.05) is 23.9 Å². The van der Waals surface area contributed by atoms with Crippen LogP contribution in [-0.2, 0) is 20.3 Å². The van der Waals surface area contributed by atoms with Gasteiger partial charge in [-0.2, -0.15) is 0 Å². The highest BCUT2D eigenvalue weighted by molar-refractivity contribution is 7.86. The van der Waals surface area contributed by atoms with Gasteiger partial charge in [-0.1, -0.05) is 6.92 Å². The van der Waals surface area contributed by atoms with Gasteiger partial charge in [-0.25, -0.2) is 0 Å². The van der Waals surface area contributed by atoms with Gasteiger partial charge >= 0.3 is 5.97 Å². The number of carboxylic acids is 1. The highest BCUT2D eigenvalue weighted by Gasteiger charge is 2.27. The largest absolute Gasteiger partial charge is 0.480 e. The molecule has 0 radical (unpaired) electrons. The third-order valence-corrected chi connectivity index (χ3v) is 4.53. The average Bonchev–Trinajstić information content (AvgIpc) is 2.17. The van der Waals surface area contributed by atoms with Gasteiger partial charge in [0.15, 0.2) is 0 Å². The summed E-state index contributed by atoms with van der Waals surface area (Å²) in [7, 11) is 0.627. The molecule has 16 heavy (non-hydrogen) atoms. The van der Waals surface area contributed by atoms with Crippen molar-refractivity contribution >= 4 is 16.8 Å². The monoisotopic (exact) mass is 249 g/mol. The zero-order valence-corrected chi connectivity index (χ0v) is 10.5. The van der Waals surface area contributed by atoms with Crippen molar-refractivity contribution in [3.05, 3.63) is 0 Å². The lowest BCUT2D eigenvalue weighted by molar-refractivity contribution is -0.136. The first kappa shape index (κ1) is 13.6. The maximum absolute atomic E-state index is 11.8. The second kappa shape index (κ2) is 6.32. The van der Waals surface area contributed by atoms with E-state index >= 15 is 0 Å². The molecule has 6 heteroatoms. The standard InChI is InChI=1S/C10H19NO4S/c1-3-9(10(12)13)16(14)7-8-6-11(2)4-5-15-8/h8-9H,3-7H2,1-2H3,(H,12,13). The first-order valence-electron chi connectivity index (χ1n) is 5.44. The maximum atomic E-state index is 11.8. The predicted octanol–water partition coefficient (Wildman–Crippen LogP) is -0.0711. The SMILES string of the molecule is CCC(C(=O)O)S(=O)CC1CN(C)CCO1. The molecule has 0 aromatic heterocycles. The van der Waals surface area contributed by atoms with Crippen LogP contribution in [0.1, 0.15) is 13.3 Å². The van der Waals surface area contributed by atoms with Crippen LogP contribution >= 0.6 is 0 Å². The first-order chi connectivity index (χ1) is 7.54. The number of morpholine rings is 1. The number of nitrogens with zero attached hydrogens (tertiary/aromatic N) is 1. The number of rotatable bonds is 5. The van der Waals surface area contributed by atoms with E-state index in [2.05, 4.69) is 4.90 Å². The molecular weight excluding hydrogens is 230 g/mol. The Labute approximate surface area is 98.2 Å². The number of hydrogen-bond donors (Lipinski definition) is 1. The molecule has 5 nitrogen and oxygen atoms in total. The Morgan fingerprint density at radius 3 is 2.88 bits per heavy atom. The number of likely N-dealkylation sites (N-methyl/N-ethyl adjacent to an activating group) is 1. The van der Waals surface area contributed by atoms with Gasteiger partial charge < -0.3 is 14.7 Å². The fraction of sp³-hybridized carbons (Fsp3) is 0.900. The van der Waals surface area contributed by atoms with Crippen LogP contribution in [0, 0.1) is 0 Å². The van der Waals surface area contributed by atoms with Crippen molar-refractivity contribution in [2.75, 3.05) is 32.5 Å². The van der Waals surface area contributed by atoms with Crippen molar-refractivity contribution in [2.45, 2.75) is 24.7 Å². The fourth-order valence-corrected chi connectivity index (χ4v) is 3.14. The van der Waals surface area contributed by atoms with Gasteiger partial charge in [0.05, 0.1) is 18.5 Å². The summed E-state index contributed by atoms with van der Waals surface area (Å²) in [6.45, 7) is 3.97. The van der Waals surface area contributed by atoms with Crippen LogP contribution in [0.25, 0.3) is 0 Å². The fourth-order valence-electron chi connectivity index (χ4n) is 1.74. The molecule has 1 aliphatic heterocycles. The minimum Gasteiger partial charge on any atom is -0.480 e. The molecule has 0 bridgehead atoms. The molecule has 0 aromatic carbocycles. The molecule has 3 atom stereocenters. The molecule has 1 heterocycles. The summed E-state index contributed by atoms with van der Waals surface area (Å²) < 4.78 is 17.3. The van der Waals surface area contributed by atoms with Crippen LogP contribution in [-0.4, -0.2) is 64.0 Å². The smallest absolute Gasteiger partial charge is 0.319 e. The van der Waals surface area contributed by atoms with Crippen molar-refractivity contribution in [2.24, 2.45) is 0 Å². The number of carboxylic acid groups (broad SMARTS) is 1. The van der Waals surface area contributed by atoms with Gasteiger partial charge in [-0.3, -0.25) is 9.00 Å². The summed E-state index contributed by atoms with van der Waals surface area (Å²) in [6, 6.07) is 0. The molecule has 0 spiro atoms. The number of carbonyl (C=O) groups is 1. The van der Waals surface area contributed by atoms with E-state index in [1.165, 1.54) is 0 Å². The van der Waals surface area contributed by atoms with Crippen molar-refractivity contribution in [3.63, 3.8) is 0 Å². The normalized spacial score (nSPS) is 26.2. The van der Waals surface area contributed by atoms with Crippen LogP contribution in [0.5, 0.6) is 0 Å². The highest BCUT2D eigenvalue weighted by atomic mass is 32.2. The molecule has 1 saturated heterocycles. The second-order valence-corrected chi connectivity index (χ2v) is 5.70. The van der Waals surface area contributed by atoms with Crippen LogP contribution in [0.4, 0.5) is 0 Å². The molecule has 1 rings (SSSR count). The third-order valence-electron chi connectivity index (χ3n) is 2.66. The van der Waals surface area contributed by atoms with Crippen molar-refractivity contribution < 1.29 is 18.8 Å². The van der Waals surface area contributed by atoms with E-state index in [0.29, 0.717) is 18.8 Å². The number of ether oxygens (including phenoxy) is 1. The molecular formula is C10H19NO4S. The van der Waals surface area contributed by atoms with Gasteiger partial charge in [0.1, 0.15) is 5.25 Å². The first-order valence-corrected chi connectivity index (χ1v) is 6.83. The van der Waals surface area contributed by atoms with Gasteiger partial charge in [-0.15, -0.1) is 0 Å². The molecule has 1 N–H and O–H groups in total. The Morgan fingerprint density at radius 1 is 1.69 bits per heavy atom. The Balaban J connectivity index is 2.46. The lowest BCUT2D eigenvalue weighted by Crippen LogP contribution is -2.44. The minimum absolute atomic E-state index is 0.104. The Hall–Kier alpha value is -0.460. The van der Waals surface area contributed by atoms with Crippen LogP contribution in [0.2, 0.25) is 0 Å². The highest BCUT2D eigenvalue weighted by Crippen LogP contribution is 2.09. The summed E-state index contributed by atoms with van der Waals surface area (Å²) in [5.74, 6) is -0.667. The molecule has 1 aliphatic rings. The van der Waals surface area contributed by atoms with E-state index in [-0.39, 0.29) is 6.10 Å². The molecule has 0 aromatic rings. The summed E-state index contributed by atoms with van der Waals surface area (Å²) in [5, 5.41) is 8.11. The van der Waals surface area contributed by atoms with E-state index in [4.69, 9.17) is 9.84 Å². The van der Waals surface area contributed by atoms with Crippen LogP contribution < -0.4 is 0 Å². The maximum Gasteiger partial charge on any atom is 0.319 e. The van der Waals surface area contributed by atoms with Crippen molar-refractivity contribution in [3.8, 4) is 0 Å². The zero-order chi connectivity index (χ0) is 12.1. The molecule has 94 valence electrons. The van der Waals surface area contributed by atoms with E-state index in [1.54, 1.807) is 6.92 Å². The summed E-state index contributed by atoms with van der Waals surface area (Å²) in [4.78, 5) is 12.9. The van der Waals surface area contributed by atoms with Gasteiger partial charge in [-0.05, 0) is 13.5 Å². The van der Waals surface area contributed by atoms with E-state index in [9.17, 15) is 9.00 Å². The Morgan fingerprint density at radius 2 is 2.38 bits per heavy atom. The van der Waals surface area contributed by atoms with E-state index in [1.807, 2.05) is 7.05 Å². The zero-order valence-electron chi connectivity index (χ0n) is 9.72. The van der Waals surface area contributed by atoms with E-state index in [0.717, 1.165) is 13.1 Å². The minimum atomic E-state index is -1.35. The van der Waals surface area contributed by atoms with Crippen LogP contribution in [0.15, 0.2) is 0 Å². The van der Waals surface area contributed by atoms with Gasteiger partial charge in [0.25, 0.3) is 0 Å². The Bertz CT molecular complexity index is 272.